The summed E-state index contributed by atoms with van der Waals surface area (Å²) in [6.07, 6.45) is 0.911. The van der Waals surface area contributed by atoms with Crippen LogP contribution in [0, 0.1) is 11.6 Å². The van der Waals surface area contributed by atoms with Crippen LogP contribution in [-0.4, -0.2) is 9.97 Å². The van der Waals surface area contributed by atoms with Crippen molar-refractivity contribution in [3.8, 4) is 0 Å². The molecule has 0 amide bonds. The Morgan fingerprint density at radius 1 is 1.37 bits per heavy atom. The third kappa shape index (κ3) is 3.68. The lowest BCUT2D eigenvalue weighted by molar-refractivity contribution is 0.920. The van der Waals surface area contributed by atoms with Gasteiger partial charge < -0.3 is 4.98 Å². The van der Waals surface area contributed by atoms with Gasteiger partial charge in [-0.25, -0.2) is 4.98 Å². The quantitative estimate of drug-likeness (QED) is 0.614. The number of H-pyrrole nitrogens is 1. The summed E-state index contributed by atoms with van der Waals surface area (Å²) in [7, 11) is 0. The molecule has 0 radical (unpaired) electrons. The van der Waals surface area contributed by atoms with Gasteiger partial charge in [-0.15, -0.1) is 11.8 Å². The van der Waals surface area contributed by atoms with E-state index < -0.39 is 0 Å². The lowest BCUT2D eigenvalue weighted by atomic mass is 10.2. The van der Waals surface area contributed by atoms with Gasteiger partial charge in [0.1, 0.15) is 10.5 Å². The average molecular weight is 355 g/mol. The number of rotatable bonds is 4. The van der Waals surface area contributed by atoms with Crippen molar-refractivity contribution in [1.29, 1.82) is 0 Å². The highest BCUT2D eigenvalue weighted by atomic mass is 79.9. The van der Waals surface area contributed by atoms with E-state index in [0.29, 0.717) is 4.64 Å². The van der Waals surface area contributed by atoms with Gasteiger partial charge in [0, 0.05) is 10.6 Å². The van der Waals surface area contributed by atoms with Crippen molar-refractivity contribution in [2.45, 2.75) is 30.9 Å². The van der Waals surface area contributed by atoms with E-state index in [1.165, 1.54) is 10.5 Å². The Bertz CT molecular complexity index is 638. The maximum atomic E-state index is 5.26. The Labute approximate surface area is 131 Å². The van der Waals surface area contributed by atoms with E-state index in [-0.39, 0.29) is 0 Å². The van der Waals surface area contributed by atoms with E-state index in [0.717, 1.165) is 28.2 Å². The lowest BCUT2D eigenvalue weighted by Crippen LogP contribution is -1.99. The summed E-state index contributed by atoms with van der Waals surface area (Å²) >= 11 is 10.5. The van der Waals surface area contributed by atoms with Gasteiger partial charge in [0.15, 0.2) is 0 Å². The van der Waals surface area contributed by atoms with Gasteiger partial charge in [0.25, 0.3) is 0 Å². The standard InChI is InChI=1S/C14H15BrN2S2/c1-3-10-13(15)14(18)17-12(16-10)8-19-11-7-5-4-6-9(11)2/h4-7H,3,8H2,1-2H3,(H,16,17,18). The molecule has 100 valence electrons. The second kappa shape index (κ2) is 6.68. The van der Waals surface area contributed by atoms with Crippen molar-refractivity contribution in [2.24, 2.45) is 0 Å². The van der Waals surface area contributed by atoms with Gasteiger partial charge in [0.05, 0.1) is 10.2 Å². The number of nitrogens with zero attached hydrogens (tertiary/aromatic N) is 1. The minimum atomic E-state index is 0.635. The van der Waals surface area contributed by atoms with E-state index in [4.69, 9.17) is 12.2 Å². The zero-order valence-electron chi connectivity index (χ0n) is 10.9. The summed E-state index contributed by atoms with van der Waals surface area (Å²) in [6.45, 7) is 4.22. The molecule has 0 unspecified atom stereocenters. The van der Waals surface area contributed by atoms with Crippen LogP contribution in [-0.2, 0) is 12.2 Å². The first-order valence-corrected chi connectivity index (χ1v) is 8.26. The Morgan fingerprint density at radius 3 is 2.79 bits per heavy atom. The summed E-state index contributed by atoms with van der Waals surface area (Å²) < 4.78 is 1.55. The van der Waals surface area contributed by atoms with Crippen LogP contribution in [0.3, 0.4) is 0 Å². The smallest absolute Gasteiger partial charge is 0.144 e. The summed E-state index contributed by atoms with van der Waals surface area (Å²) in [6, 6.07) is 8.37. The molecule has 0 aliphatic carbocycles. The number of thioether (sulfide) groups is 1. The largest absolute Gasteiger partial charge is 0.345 e. The Morgan fingerprint density at radius 2 is 2.11 bits per heavy atom. The molecule has 19 heavy (non-hydrogen) atoms. The fourth-order valence-electron chi connectivity index (χ4n) is 1.73. The molecule has 0 atom stereocenters. The predicted molar refractivity (Wildman–Crippen MR) is 87.2 cm³/mol. The second-order valence-electron chi connectivity index (χ2n) is 4.19. The maximum Gasteiger partial charge on any atom is 0.144 e. The highest BCUT2D eigenvalue weighted by Crippen LogP contribution is 2.25. The van der Waals surface area contributed by atoms with Crippen LogP contribution in [0.4, 0.5) is 0 Å². The first-order valence-electron chi connectivity index (χ1n) is 6.07. The molecule has 1 aromatic carbocycles. The van der Waals surface area contributed by atoms with Crippen LogP contribution in [0.5, 0.6) is 0 Å². The molecule has 0 fully saturated rings. The Kier molecular flexibility index (Phi) is 5.19. The van der Waals surface area contributed by atoms with Crippen molar-refractivity contribution in [3.63, 3.8) is 0 Å². The Hall–Kier alpha value is -0.650. The first-order chi connectivity index (χ1) is 9.11. The van der Waals surface area contributed by atoms with Crippen molar-refractivity contribution in [2.75, 3.05) is 0 Å². The molecule has 2 rings (SSSR count). The highest BCUT2D eigenvalue weighted by molar-refractivity contribution is 9.10. The fourth-order valence-corrected chi connectivity index (χ4v) is 3.34. The van der Waals surface area contributed by atoms with E-state index in [2.05, 4.69) is 64.0 Å². The SMILES string of the molecule is CCc1[nH]c(CSc2ccccc2C)nc(=S)c1Br. The number of hydrogen-bond acceptors (Lipinski definition) is 3. The van der Waals surface area contributed by atoms with E-state index >= 15 is 0 Å². The zero-order chi connectivity index (χ0) is 13.8. The number of hydrogen-bond donors (Lipinski definition) is 1. The van der Waals surface area contributed by atoms with Crippen molar-refractivity contribution in [3.05, 3.63) is 50.5 Å². The van der Waals surface area contributed by atoms with E-state index in [9.17, 15) is 0 Å². The molecule has 0 bridgehead atoms. The highest BCUT2D eigenvalue weighted by Gasteiger charge is 2.06. The monoisotopic (exact) mass is 354 g/mol. The first kappa shape index (κ1) is 14.8. The summed E-state index contributed by atoms with van der Waals surface area (Å²) in [5.41, 5.74) is 2.40. The molecule has 0 saturated carbocycles. The number of halogens is 1. The maximum absolute atomic E-state index is 5.26. The van der Waals surface area contributed by atoms with E-state index in [1.807, 2.05) is 0 Å². The molecule has 2 aromatic rings. The zero-order valence-corrected chi connectivity index (χ0v) is 14.1. The van der Waals surface area contributed by atoms with E-state index in [1.54, 1.807) is 11.8 Å². The van der Waals surface area contributed by atoms with Gasteiger partial charge in [0.2, 0.25) is 0 Å². The topological polar surface area (TPSA) is 28.7 Å². The van der Waals surface area contributed by atoms with Crippen LogP contribution >= 0.6 is 39.9 Å². The second-order valence-corrected chi connectivity index (χ2v) is 6.39. The van der Waals surface area contributed by atoms with Crippen molar-refractivity contribution < 1.29 is 0 Å². The molecule has 1 aromatic heterocycles. The fraction of sp³-hybridized carbons (Fsp3) is 0.286. The molecule has 0 spiro atoms. The number of benzene rings is 1. The van der Waals surface area contributed by atoms with Crippen LogP contribution in [0.2, 0.25) is 0 Å². The molecular weight excluding hydrogens is 340 g/mol. The van der Waals surface area contributed by atoms with Crippen molar-refractivity contribution in [1.82, 2.24) is 9.97 Å². The molecule has 5 heteroatoms. The summed E-state index contributed by atoms with van der Waals surface area (Å²) in [5, 5.41) is 0. The molecule has 0 saturated heterocycles. The third-order valence-corrected chi connectivity index (χ3v) is 5.39. The molecule has 0 aliphatic rings. The molecular formula is C14H15BrN2S2. The van der Waals surface area contributed by atoms with Crippen LogP contribution in [0.25, 0.3) is 0 Å². The van der Waals surface area contributed by atoms with Gasteiger partial charge in [-0.05, 0) is 40.9 Å². The lowest BCUT2D eigenvalue weighted by Gasteiger charge is -2.08. The molecule has 2 nitrogen and oxygen atoms in total. The third-order valence-electron chi connectivity index (χ3n) is 2.80. The van der Waals surface area contributed by atoms with Crippen LogP contribution in [0.1, 0.15) is 24.0 Å². The molecule has 1 heterocycles. The Balaban J connectivity index is 2.19. The van der Waals surface area contributed by atoms with Gasteiger partial charge in [-0.2, -0.15) is 0 Å². The number of aryl methyl sites for hydroxylation is 2. The average Bonchev–Trinajstić information content (AvgIpc) is 2.41. The van der Waals surface area contributed by atoms with Crippen LogP contribution in [0.15, 0.2) is 33.6 Å². The minimum absolute atomic E-state index is 0.635. The summed E-state index contributed by atoms with van der Waals surface area (Å²) in [4.78, 5) is 9.05. The predicted octanol–water partition coefficient (Wildman–Crippen LogP) is 5.06. The number of aromatic amines is 1. The van der Waals surface area contributed by atoms with Gasteiger partial charge in [-0.3, -0.25) is 0 Å². The van der Waals surface area contributed by atoms with Crippen molar-refractivity contribution >= 4 is 39.9 Å². The van der Waals surface area contributed by atoms with Crippen LogP contribution < -0.4 is 0 Å². The van der Waals surface area contributed by atoms with Gasteiger partial charge in [-0.1, -0.05) is 37.3 Å². The number of aromatic nitrogens is 2. The molecule has 1 N–H and O–H groups in total. The van der Waals surface area contributed by atoms with Gasteiger partial charge >= 0.3 is 0 Å². The minimum Gasteiger partial charge on any atom is -0.345 e. The molecule has 0 aliphatic heterocycles. The summed E-state index contributed by atoms with van der Waals surface area (Å²) in [5.74, 6) is 1.73. The number of nitrogens with one attached hydrogen (secondary N) is 1. The normalized spacial score (nSPS) is 10.7.